The van der Waals surface area contributed by atoms with Gasteiger partial charge in [-0.25, -0.2) is 0 Å². The molecule has 1 heterocycles. The average molecular weight is 305 g/mol. The highest BCUT2D eigenvalue weighted by Crippen LogP contribution is 2.34. The zero-order valence-electron chi connectivity index (χ0n) is 12.8. The monoisotopic (exact) mass is 305 g/mol. The molecule has 0 radical (unpaired) electrons. The third-order valence-electron chi connectivity index (χ3n) is 3.26. The first-order valence-electron chi connectivity index (χ1n) is 6.79. The Balaban J connectivity index is 2.07. The minimum Gasteiger partial charge on any atom is -0.496 e. The average Bonchev–Trinajstić information content (AvgIpc) is 3.09. The molecular weight excluding hydrogens is 286 g/mol. The summed E-state index contributed by atoms with van der Waals surface area (Å²) in [4.78, 5) is 11.9. The van der Waals surface area contributed by atoms with E-state index in [0.29, 0.717) is 35.8 Å². The molecule has 6 heteroatoms. The van der Waals surface area contributed by atoms with E-state index < -0.39 is 0 Å². The van der Waals surface area contributed by atoms with E-state index in [0.717, 1.165) is 5.56 Å². The lowest BCUT2D eigenvalue weighted by atomic mass is 10.1. The predicted octanol–water partition coefficient (Wildman–Crippen LogP) is 2.28. The summed E-state index contributed by atoms with van der Waals surface area (Å²) in [5.41, 5.74) is 1.37. The lowest BCUT2D eigenvalue weighted by Gasteiger charge is -2.15. The van der Waals surface area contributed by atoms with Crippen molar-refractivity contribution in [1.29, 1.82) is 0 Å². The Morgan fingerprint density at radius 2 is 1.82 bits per heavy atom. The van der Waals surface area contributed by atoms with Crippen molar-refractivity contribution < 1.29 is 23.4 Å². The van der Waals surface area contributed by atoms with Gasteiger partial charge >= 0.3 is 0 Å². The number of furan rings is 1. The minimum atomic E-state index is -0.180. The van der Waals surface area contributed by atoms with Gasteiger partial charge in [-0.1, -0.05) is 0 Å². The molecule has 1 amide bonds. The van der Waals surface area contributed by atoms with E-state index in [-0.39, 0.29) is 5.91 Å². The number of hydrogen-bond donors (Lipinski definition) is 1. The van der Waals surface area contributed by atoms with Crippen LogP contribution in [0.25, 0.3) is 0 Å². The summed E-state index contributed by atoms with van der Waals surface area (Å²) in [7, 11) is 4.75. The van der Waals surface area contributed by atoms with Gasteiger partial charge in [0.05, 0.1) is 33.2 Å². The molecule has 22 heavy (non-hydrogen) atoms. The van der Waals surface area contributed by atoms with Crippen molar-refractivity contribution in [3.8, 4) is 17.2 Å². The fourth-order valence-electron chi connectivity index (χ4n) is 2.12. The molecule has 6 nitrogen and oxygen atoms in total. The molecule has 0 aliphatic heterocycles. The highest BCUT2D eigenvalue weighted by molar-refractivity contribution is 5.93. The van der Waals surface area contributed by atoms with E-state index in [4.69, 9.17) is 18.6 Å². The van der Waals surface area contributed by atoms with Crippen LogP contribution in [0.1, 0.15) is 15.9 Å². The molecule has 0 fully saturated rings. The maximum absolute atomic E-state index is 11.9. The number of hydrogen-bond acceptors (Lipinski definition) is 5. The fourth-order valence-corrected chi connectivity index (χ4v) is 2.12. The van der Waals surface area contributed by atoms with E-state index >= 15 is 0 Å². The van der Waals surface area contributed by atoms with Gasteiger partial charge in [-0.05, 0) is 12.5 Å². The summed E-state index contributed by atoms with van der Waals surface area (Å²) in [5.74, 6) is 1.79. The Bertz CT molecular complexity index is 596. The number of ether oxygens (including phenoxy) is 3. The van der Waals surface area contributed by atoms with Crippen LogP contribution in [-0.2, 0) is 6.42 Å². The summed E-state index contributed by atoms with van der Waals surface area (Å²) in [5, 5.41) is 2.82. The van der Waals surface area contributed by atoms with Crippen LogP contribution in [0.5, 0.6) is 17.2 Å². The number of methoxy groups -OCH3 is 3. The second-order valence-corrected chi connectivity index (χ2v) is 4.53. The molecule has 1 aromatic carbocycles. The van der Waals surface area contributed by atoms with Gasteiger partial charge in [-0.2, -0.15) is 0 Å². The number of nitrogens with one attached hydrogen (secondary N) is 1. The fraction of sp³-hybridized carbons (Fsp3) is 0.312. The molecule has 0 saturated carbocycles. The quantitative estimate of drug-likeness (QED) is 0.850. The molecule has 0 aliphatic rings. The van der Waals surface area contributed by atoms with Gasteiger partial charge in [0, 0.05) is 24.2 Å². The summed E-state index contributed by atoms with van der Waals surface area (Å²) in [6.45, 7) is 0.447. The zero-order chi connectivity index (χ0) is 15.9. The topological polar surface area (TPSA) is 69.9 Å². The molecule has 0 aliphatic carbocycles. The van der Waals surface area contributed by atoms with Crippen molar-refractivity contribution in [2.75, 3.05) is 27.9 Å². The van der Waals surface area contributed by atoms with Gasteiger partial charge in [-0.3, -0.25) is 4.79 Å². The Kier molecular flexibility index (Phi) is 5.30. The van der Waals surface area contributed by atoms with Crippen molar-refractivity contribution in [2.45, 2.75) is 6.42 Å². The van der Waals surface area contributed by atoms with Gasteiger partial charge < -0.3 is 23.9 Å². The third-order valence-corrected chi connectivity index (χ3v) is 3.26. The molecule has 0 atom stereocenters. The van der Waals surface area contributed by atoms with Crippen LogP contribution >= 0.6 is 0 Å². The number of amides is 1. The maximum Gasteiger partial charge on any atom is 0.254 e. The predicted molar refractivity (Wildman–Crippen MR) is 80.8 cm³/mol. The van der Waals surface area contributed by atoms with E-state index in [1.165, 1.54) is 12.5 Å². The molecule has 0 unspecified atom stereocenters. The molecule has 1 aromatic heterocycles. The SMILES string of the molecule is COc1cc(OC)c(CCNC(=O)c2ccoc2)c(OC)c1. The van der Waals surface area contributed by atoms with Crippen molar-refractivity contribution in [2.24, 2.45) is 0 Å². The standard InChI is InChI=1S/C16H19NO5/c1-19-12-8-14(20-2)13(15(9-12)21-3)4-6-17-16(18)11-5-7-22-10-11/h5,7-10H,4,6H2,1-3H3,(H,17,18). The van der Waals surface area contributed by atoms with E-state index in [9.17, 15) is 4.79 Å². The zero-order valence-corrected chi connectivity index (χ0v) is 12.8. The van der Waals surface area contributed by atoms with Crippen molar-refractivity contribution in [3.05, 3.63) is 41.9 Å². The van der Waals surface area contributed by atoms with Crippen molar-refractivity contribution in [3.63, 3.8) is 0 Å². The second kappa shape index (κ2) is 7.40. The highest BCUT2D eigenvalue weighted by atomic mass is 16.5. The molecule has 2 rings (SSSR count). The van der Waals surface area contributed by atoms with Crippen LogP contribution < -0.4 is 19.5 Å². The molecular formula is C16H19NO5. The minimum absolute atomic E-state index is 0.180. The van der Waals surface area contributed by atoms with Crippen LogP contribution in [0, 0.1) is 0 Å². The lowest BCUT2D eigenvalue weighted by molar-refractivity contribution is 0.0953. The number of carbonyl (C=O) groups excluding carboxylic acids is 1. The lowest BCUT2D eigenvalue weighted by Crippen LogP contribution is -2.25. The van der Waals surface area contributed by atoms with Crippen molar-refractivity contribution in [1.82, 2.24) is 5.32 Å². The molecule has 0 saturated heterocycles. The normalized spacial score (nSPS) is 10.1. The summed E-state index contributed by atoms with van der Waals surface area (Å²) in [6.07, 6.45) is 3.44. The first kappa shape index (κ1) is 15.8. The first-order chi connectivity index (χ1) is 10.7. The number of benzene rings is 1. The molecule has 0 spiro atoms. The summed E-state index contributed by atoms with van der Waals surface area (Å²) < 4.78 is 20.8. The second-order valence-electron chi connectivity index (χ2n) is 4.53. The number of carbonyl (C=O) groups is 1. The smallest absolute Gasteiger partial charge is 0.254 e. The van der Waals surface area contributed by atoms with Gasteiger partial charge in [0.15, 0.2) is 0 Å². The van der Waals surface area contributed by atoms with E-state index in [1.54, 1.807) is 39.5 Å². The van der Waals surface area contributed by atoms with Gasteiger partial charge in [0.2, 0.25) is 0 Å². The molecule has 0 bridgehead atoms. The van der Waals surface area contributed by atoms with Crippen LogP contribution in [0.3, 0.4) is 0 Å². The van der Waals surface area contributed by atoms with Gasteiger partial charge in [0.1, 0.15) is 23.5 Å². The van der Waals surface area contributed by atoms with Crippen LogP contribution in [-0.4, -0.2) is 33.8 Å². The first-order valence-corrected chi connectivity index (χ1v) is 6.79. The van der Waals surface area contributed by atoms with Crippen molar-refractivity contribution >= 4 is 5.91 Å². The van der Waals surface area contributed by atoms with Crippen LogP contribution in [0.4, 0.5) is 0 Å². The maximum atomic E-state index is 11.9. The Labute approximate surface area is 129 Å². The Morgan fingerprint density at radius 3 is 2.32 bits per heavy atom. The Morgan fingerprint density at radius 1 is 1.14 bits per heavy atom. The summed E-state index contributed by atoms with van der Waals surface area (Å²) >= 11 is 0. The van der Waals surface area contributed by atoms with E-state index in [2.05, 4.69) is 5.32 Å². The Hall–Kier alpha value is -2.63. The third kappa shape index (κ3) is 3.52. The summed E-state index contributed by atoms with van der Waals surface area (Å²) in [6, 6.07) is 5.19. The van der Waals surface area contributed by atoms with Crippen LogP contribution in [0.15, 0.2) is 35.1 Å². The highest BCUT2D eigenvalue weighted by Gasteiger charge is 2.14. The van der Waals surface area contributed by atoms with Gasteiger partial charge in [0.25, 0.3) is 5.91 Å². The molecule has 1 N–H and O–H groups in total. The van der Waals surface area contributed by atoms with E-state index in [1.807, 2.05) is 0 Å². The van der Waals surface area contributed by atoms with Gasteiger partial charge in [-0.15, -0.1) is 0 Å². The molecule has 2 aromatic rings. The largest absolute Gasteiger partial charge is 0.496 e. The number of rotatable bonds is 7. The molecule has 118 valence electrons. The van der Waals surface area contributed by atoms with Crippen LogP contribution in [0.2, 0.25) is 0 Å².